The molecule has 12 nitrogen and oxygen atoms in total. The Kier molecular flexibility index (Phi) is 91.0. The van der Waals surface area contributed by atoms with Crippen molar-refractivity contribution in [3.8, 4) is 23.9 Å². The number of hydrogen-bond acceptors (Lipinski definition) is 12. The molecule has 0 aromatic heterocycles. The molecule has 0 aliphatic rings. The van der Waals surface area contributed by atoms with Gasteiger partial charge in [-0.05, 0) is 75.2 Å². The van der Waals surface area contributed by atoms with E-state index >= 15 is 0 Å². The van der Waals surface area contributed by atoms with Gasteiger partial charge in [0.05, 0.1) is 49.3 Å². The van der Waals surface area contributed by atoms with Crippen LogP contribution in [0.4, 0.5) is 0 Å². The molecule has 456 valence electrons. The highest BCUT2D eigenvalue weighted by Crippen LogP contribution is 2.50. The molecule has 0 atom stereocenters. The smallest absolute Gasteiger partial charge is 0.0583 e. The van der Waals surface area contributed by atoms with E-state index in [4.69, 9.17) is 61.2 Å². The SMILES string of the molecule is CCC[P+](C)(C)C.CCC[P+](C)(C)C.CCC[P+](C)(C)C.CCC[P+](C)(C)C.CCC[P+](C)(C)C.CCC[P+](C)(C)C.CCC[P+](C)(C)C.CCC[P+](C)(C)C.N#CB([O-])[O-].N#CB([O-])[O-].N#CB([O-])[O-].N#CB([O-])[O-]. The summed E-state index contributed by atoms with van der Waals surface area (Å²) in [6, 6.07) is 0. The third-order valence-corrected chi connectivity index (χ3v) is 21.9. The molecule has 0 N–H and O–H groups in total. The van der Waals surface area contributed by atoms with Crippen molar-refractivity contribution in [3.05, 3.63) is 0 Å². The van der Waals surface area contributed by atoms with Gasteiger partial charge < -0.3 is 40.2 Å². The maximum absolute atomic E-state index is 8.98. The zero-order valence-corrected chi connectivity index (χ0v) is 63.4. The van der Waals surface area contributed by atoms with E-state index in [9.17, 15) is 0 Å². The fourth-order valence-corrected chi connectivity index (χ4v) is 16.1. The lowest BCUT2D eigenvalue weighted by molar-refractivity contribution is -0.342. The van der Waals surface area contributed by atoms with Crippen LogP contribution < -0.4 is 40.2 Å². The van der Waals surface area contributed by atoms with E-state index in [0.29, 0.717) is 0 Å². The van der Waals surface area contributed by atoms with Crippen molar-refractivity contribution >= 4 is 86.6 Å². The molecule has 0 saturated heterocycles. The van der Waals surface area contributed by atoms with Gasteiger partial charge in [0.15, 0.2) is 0 Å². The first kappa shape index (κ1) is 106. The Bertz CT molecular complexity index is 1060. The summed E-state index contributed by atoms with van der Waals surface area (Å²) in [5.74, 6) is 3.67. The van der Waals surface area contributed by atoms with Crippen molar-refractivity contribution in [3.63, 3.8) is 0 Å². The van der Waals surface area contributed by atoms with Gasteiger partial charge in [-0.25, -0.2) is 21.0 Å². The van der Waals surface area contributed by atoms with Gasteiger partial charge in [0.25, 0.3) is 0 Å². The van der Waals surface area contributed by atoms with Gasteiger partial charge >= 0.3 is 0 Å². The van der Waals surface area contributed by atoms with Crippen LogP contribution in [0.2, 0.25) is 0 Å². The molecule has 0 unspecified atom stereocenters. The molecule has 76 heavy (non-hydrogen) atoms. The molecule has 0 aromatic rings. The molecule has 0 aliphatic carbocycles. The van der Waals surface area contributed by atoms with Gasteiger partial charge in [-0.3, -0.25) is 0 Å². The van der Waals surface area contributed by atoms with Crippen molar-refractivity contribution in [2.24, 2.45) is 0 Å². The lowest BCUT2D eigenvalue weighted by Crippen LogP contribution is -2.43. The second-order valence-corrected chi connectivity index (χ2v) is 66.2. The van der Waals surface area contributed by atoms with Gasteiger partial charge in [-0.1, -0.05) is 55.4 Å². The predicted molar refractivity (Wildman–Crippen MR) is 364 cm³/mol. The maximum Gasteiger partial charge on any atom is 0.0583 e. The fourth-order valence-electron chi connectivity index (χ4n) is 5.37. The van der Waals surface area contributed by atoms with Crippen LogP contribution in [-0.2, 0) is 0 Å². The van der Waals surface area contributed by atoms with E-state index in [1.165, 1.54) is 101 Å². The monoisotopic (exact) mass is 1230 g/mol. The molecule has 0 spiro atoms. The Balaban J connectivity index is -0.0000000589. The third-order valence-electron chi connectivity index (χ3n) is 7.58. The van der Waals surface area contributed by atoms with E-state index in [0.717, 1.165) is 23.9 Å². The van der Waals surface area contributed by atoms with Crippen molar-refractivity contribution in [1.82, 2.24) is 0 Å². The van der Waals surface area contributed by atoms with Crippen LogP contribution in [-0.4, -0.2) is 238 Å². The quantitative estimate of drug-likeness (QED) is 0.108. The number of hydrogen-bond donors (Lipinski definition) is 0. The summed E-state index contributed by atoms with van der Waals surface area (Å²) in [6.07, 6.45) is 22.5. The Morgan fingerprint density at radius 3 is 0.263 bits per heavy atom. The van der Waals surface area contributed by atoms with Crippen molar-refractivity contribution in [2.75, 3.05) is 209 Å². The fraction of sp³-hybridized carbons (Fsp3) is 0.923. The van der Waals surface area contributed by atoms with E-state index < -0.39 is 86.6 Å². The van der Waals surface area contributed by atoms with Gasteiger partial charge in [-0.15, -0.1) is 0 Å². The van der Waals surface area contributed by atoms with E-state index in [2.05, 4.69) is 215 Å². The zero-order valence-electron chi connectivity index (χ0n) is 56.3. The summed E-state index contributed by atoms with van der Waals surface area (Å²) in [4.78, 5) is 0. The second-order valence-electron chi connectivity index (χ2n) is 26.0. The van der Waals surface area contributed by atoms with Gasteiger partial charge in [0.1, 0.15) is 0 Å². The molecule has 0 radical (unpaired) electrons. The van der Waals surface area contributed by atoms with Crippen molar-refractivity contribution in [2.45, 2.75) is 107 Å². The minimum absolute atomic E-state index is 0.416. The molecule has 0 aromatic carbocycles. The summed E-state index contributed by atoms with van der Waals surface area (Å²) in [5.41, 5.74) is 0. The summed E-state index contributed by atoms with van der Waals surface area (Å²) in [5, 5.41) is 101. The van der Waals surface area contributed by atoms with Crippen LogP contribution >= 0.6 is 58.1 Å². The summed E-state index contributed by atoms with van der Waals surface area (Å²) in [7, 11) is -12.6. The molecule has 0 saturated carbocycles. The predicted octanol–water partition coefficient (Wildman–Crippen LogP) is 7.46. The first-order valence-corrected chi connectivity index (χ1v) is 53.4. The lowest BCUT2D eigenvalue weighted by Gasteiger charge is -2.12. The van der Waals surface area contributed by atoms with E-state index in [-0.39, 0.29) is 0 Å². The first-order chi connectivity index (χ1) is 33.6. The topological polar surface area (TPSA) is 280 Å². The maximum atomic E-state index is 8.98. The Hall–Kier alpha value is 1.34. The van der Waals surface area contributed by atoms with E-state index in [1.807, 2.05) is 0 Å². The minimum Gasteiger partial charge on any atom is -0.881 e. The highest BCUT2D eigenvalue weighted by molar-refractivity contribution is 7.75. The standard InChI is InChI=1S/8C6H16P.4CBNO2/c8*1-5-6-7(2,3)4;4*3-1-2(4)5/h8*5-6H2,1-4H3;;;;/q8*+1;4*-2. The largest absolute Gasteiger partial charge is 0.881 e. The zero-order chi connectivity index (χ0) is 64.5. The highest BCUT2D eigenvalue weighted by Gasteiger charge is 2.17. The molecular formula is C52H128B4N4O8P8. The van der Waals surface area contributed by atoms with Crippen LogP contribution in [0.3, 0.4) is 0 Å². The van der Waals surface area contributed by atoms with Crippen molar-refractivity contribution in [1.29, 1.82) is 21.0 Å². The molecule has 24 heteroatoms. The van der Waals surface area contributed by atoms with Gasteiger partial charge in [0.2, 0.25) is 0 Å². The van der Waals surface area contributed by atoms with Crippen LogP contribution in [0.1, 0.15) is 107 Å². The normalized spacial score (nSPS) is 10.4. The van der Waals surface area contributed by atoms with Crippen LogP contribution in [0.15, 0.2) is 0 Å². The highest BCUT2D eigenvalue weighted by atomic mass is 31.2. The van der Waals surface area contributed by atoms with Gasteiger partial charge in [0, 0.05) is 247 Å². The number of rotatable bonds is 16. The van der Waals surface area contributed by atoms with Crippen molar-refractivity contribution < 1.29 is 40.2 Å². The van der Waals surface area contributed by atoms with Crippen LogP contribution in [0, 0.1) is 44.9 Å². The van der Waals surface area contributed by atoms with E-state index in [1.54, 1.807) is 0 Å². The number of nitrogens with zero attached hydrogens (tertiary/aromatic N) is 4. The Morgan fingerprint density at radius 1 is 0.211 bits per heavy atom. The molecule has 0 rings (SSSR count). The molecule has 0 bridgehead atoms. The average molecular weight is 1230 g/mol. The summed E-state index contributed by atoms with van der Waals surface area (Å²) in [6.45, 7) is 75.3. The summed E-state index contributed by atoms with van der Waals surface area (Å²) < 4.78 is 0. The number of nitriles is 4. The van der Waals surface area contributed by atoms with Crippen LogP contribution in [0.5, 0.6) is 0 Å². The molecule has 0 aliphatic heterocycles. The first-order valence-electron chi connectivity index (χ1n) is 26.9. The molecule has 0 amide bonds. The van der Waals surface area contributed by atoms with Gasteiger partial charge in [-0.2, -0.15) is 0 Å². The van der Waals surface area contributed by atoms with Crippen LogP contribution in [0.25, 0.3) is 0 Å². The molecular weight excluding hydrogens is 1100 g/mol. The second kappa shape index (κ2) is 65.5. The minimum atomic E-state index is -2.31. The Morgan fingerprint density at radius 2 is 0.263 bits per heavy atom. The molecule has 0 fully saturated rings. The third kappa shape index (κ3) is 244. The Labute approximate surface area is 485 Å². The lowest BCUT2D eigenvalue weighted by atomic mass is 9.97. The summed E-state index contributed by atoms with van der Waals surface area (Å²) >= 11 is 0. The molecule has 0 heterocycles. The average Bonchev–Trinajstić information content (AvgIpc) is 3.17.